The second-order valence-electron chi connectivity index (χ2n) is 3.77. The van der Waals surface area contributed by atoms with Crippen molar-refractivity contribution in [1.82, 2.24) is 4.98 Å². The average molecular weight is 302 g/mol. The highest BCUT2D eigenvalue weighted by Gasteiger charge is 2.34. The van der Waals surface area contributed by atoms with E-state index < -0.39 is 42.8 Å². The van der Waals surface area contributed by atoms with Crippen molar-refractivity contribution < 1.29 is 36.2 Å². The lowest BCUT2D eigenvalue weighted by Gasteiger charge is -2.23. The molecule has 0 aliphatic carbocycles. The maximum Gasteiger partial charge on any atom is 0.417 e. The van der Waals surface area contributed by atoms with Crippen LogP contribution in [0.2, 0.25) is 0 Å². The molecule has 4 nitrogen and oxygen atoms in total. The molecular formula is C10H8F6N2O2. The van der Waals surface area contributed by atoms with Crippen molar-refractivity contribution in [3.05, 3.63) is 23.9 Å². The van der Waals surface area contributed by atoms with Crippen LogP contribution in [0, 0.1) is 0 Å². The summed E-state index contributed by atoms with van der Waals surface area (Å²) in [5.74, 6) is -2.06. The lowest BCUT2D eigenvalue weighted by Crippen LogP contribution is -2.38. The molecule has 20 heavy (non-hydrogen) atoms. The van der Waals surface area contributed by atoms with Crippen LogP contribution >= 0.6 is 0 Å². The fourth-order valence-corrected chi connectivity index (χ4v) is 1.34. The first kappa shape index (κ1) is 16.1. The smallest absolute Gasteiger partial charge is 0.417 e. The Hall–Kier alpha value is -2.00. The zero-order chi connectivity index (χ0) is 15.6. The molecule has 0 aromatic carbocycles. The molecule has 1 rings (SSSR count). The minimum atomic E-state index is -4.71. The molecule has 112 valence electrons. The van der Waals surface area contributed by atoms with Gasteiger partial charge < -0.3 is 10.0 Å². The fourth-order valence-electron chi connectivity index (χ4n) is 1.34. The number of alkyl halides is 6. The SMILES string of the molecule is O=C(O)CN(CC(F)(F)F)c1ccc(C(F)(F)F)cn1. The molecule has 1 heterocycles. The third-order valence-corrected chi connectivity index (χ3v) is 2.10. The summed E-state index contributed by atoms with van der Waals surface area (Å²) >= 11 is 0. The molecule has 0 saturated heterocycles. The number of rotatable bonds is 4. The summed E-state index contributed by atoms with van der Waals surface area (Å²) in [6.45, 7) is -2.66. The molecule has 1 aromatic rings. The first-order valence-electron chi connectivity index (χ1n) is 5.06. The van der Waals surface area contributed by atoms with Crippen LogP contribution in [0.15, 0.2) is 18.3 Å². The summed E-state index contributed by atoms with van der Waals surface area (Å²) in [5.41, 5.74) is -1.14. The van der Waals surface area contributed by atoms with Gasteiger partial charge in [0, 0.05) is 6.20 Å². The number of pyridine rings is 1. The highest BCUT2D eigenvalue weighted by atomic mass is 19.4. The molecule has 0 radical (unpaired) electrons. The molecule has 0 aliphatic heterocycles. The fraction of sp³-hybridized carbons (Fsp3) is 0.400. The van der Waals surface area contributed by atoms with Crippen molar-refractivity contribution in [3.8, 4) is 0 Å². The third kappa shape index (κ3) is 4.94. The number of anilines is 1. The normalized spacial score (nSPS) is 12.3. The Morgan fingerprint density at radius 1 is 1.20 bits per heavy atom. The topological polar surface area (TPSA) is 53.4 Å². The average Bonchev–Trinajstić information content (AvgIpc) is 2.24. The van der Waals surface area contributed by atoms with Crippen LogP contribution in [0.4, 0.5) is 32.2 Å². The first-order valence-corrected chi connectivity index (χ1v) is 5.06. The number of carboxylic acid groups (broad SMARTS) is 1. The standard InChI is InChI=1S/C10H8F6N2O2/c11-9(12,13)5-18(4-8(19)20)7-2-1-6(3-17-7)10(14,15)16/h1-3H,4-5H2,(H,19,20). The lowest BCUT2D eigenvalue weighted by molar-refractivity contribution is -0.138. The molecule has 0 amide bonds. The quantitative estimate of drug-likeness (QED) is 0.869. The van der Waals surface area contributed by atoms with Gasteiger partial charge in [0.25, 0.3) is 0 Å². The Bertz CT molecular complexity index is 468. The van der Waals surface area contributed by atoms with E-state index in [9.17, 15) is 31.1 Å². The lowest BCUT2D eigenvalue weighted by atomic mass is 10.2. The van der Waals surface area contributed by atoms with Crippen LogP contribution in [-0.2, 0) is 11.0 Å². The molecule has 0 fully saturated rings. The van der Waals surface area contributed by atoms with Crippen molar-refractivity contribution in [3.63, 3.8) is 0 Å². The molecular weight excluding hydrogens is 294 g/mol. The molecule has 0 aliphatic rings. The van der Waals surface area contributed by atoms with Gasteiger partial charge in [-0.25, -0.2) is 4.98 Å². The second kappa shape index (κ2) is 5.55. The first-order chi connectivity index (χ1) is 8.99. The van der Waals surface area contributed by atoms with E-state index in [1.54, 1.807) is 0 Å². The minimum absolute atomic E-state index is 0.322. The maximum atomic E-state index is 12.3. The number of carbonyl (C=O) groups is 1. The van der Waals surface area contributed by atoms with Crippen LogP contribution in [-0.4, -0.2) is 35.3 Å². The molecule has 0 unspecified atom stereocenters. The van der Waals surface area contributed by atoms with E-state index in [1.807, 2.05) is 0 Å². The number of aliphatic carboxylic acids is 1. The predicted molar refractivity (Wildman–Crippen MR) is 55.1 cm³/mol. The maximum absolute atomic E-state index is 12.3. The van der Waals surface area contributed by atoms with Crippen molar-refractivity contribution in [2.45, 2.75) is 12.4 Å². The van der Waals surface area contributed by atoms with E-state index >= 15 is 0 Å². The Balaban J connectivity index is 2.99. The van der Waals surface area contributed by atoms with Crippen molar-refractivity contribution in [2.24, 2.45) is 0 Å². The summed E-state index contributed by atoms with van der Waals surface area (Å²) in [7, 11) is 0. The Morgan fingerprint density at radius 3 is 2.15 bits per heavy atom. The molecule has 1 aromatic heterocycles. The summed E-state index contributed by atoms with van der Waals surface area (Å²) in [4.78, 5) is 14.0. The van der Waals surface area contributed by atoms with Crippen LogP contribution in [0.3, 0.4) is 0 Å². The monoisotopic (exact) mass is 302 g/mol. The highest BCUT2D eigenvalue weighted by molar-refractivity contribution is 5.73. The van der Waals surface area contributed by atoms with Crippen molar-refractivity contribution in [1.29, 1.82) is 0 Å². The largest absolute Gasteiger partial charge is 0.480 e. The van der Waals surface area contributed by atoms with Crippen LogP contribution in [0.25, 0.3) is 0 Å². The van der Waals surface area contributed by atoms with Gasteiger partial charge in [-0.2, -0.15) is 26.3 Å². The number of halogens is 6. The van der Waals surface area contributed by atoms with Crippen LogP contribution < -0.4 is 4.90 Å². The van der Waals surface area contributed by atoms with Crippen LogP contribution in [0.1, 0.15) is 5.56 Å². The zero-order valence-corrected chi connectivity index (χ0v) is 9.66. The van der Waals surface area contributed by atoms with Gasteiger partial charge >= 0.3 is 18.3 Å². The van der Waals surface area contributed by atoms with Gasteiger partial charge in [0.05, 0.1) is 5.56 Å². The van der Waals surface area contributed by atoms with E-state index in [2.05, 4.69) is 4.98 Å². The number of hydrogen-bond donors (Lipinski definition) is 1. The van der Waals surface area contributed by atoms with E-state index in [4.69, 9.17) is 5.11 Å². The van der Waals surface area contributed by atoms with Crippen molar-refractivity contribution >= 4 is 11.8 Å². The number of hydrogen-bond acceptors (Lipinski definition) is 3. The van der Waals surface area contributed by atoms with E-state index in [0.717, 1.165) is 0 Å². The molecule has 0 saturated carbocycles. The number of carboxylic acids is 1. The summed E-state index contributed by atoms with van der Waals surface area (Å²) in [6, 6.07) is 1.23. The zero-order valence-electron chi connectivity index (χ0n) is 9.66. The van der Waals surface area contributed by atoms with Gasteiger partial charge in [-0.15, -0.1) is 0 Å². The Morgan fingerprint density at radius 2 is 1.80 bits per heavy atom. The molecule has 0 atom stereocenters. The van der Waals surface area contributed by atoms with Crippen LogP contribution in [0.5, 0.6) is 0 Å². The number of aromatic nitrogens is 1. The van der Waals surface area contributed by atoms with Gasteiger partial charge in [-0.05, 0) is 12.1 Å². The third-order valence-electron chi connectivity index (χ3n) is 2.10. The van der Waals surface area contributed by atoms with Crippen molar-refractivity contribution in [2.75, 3.05) is 18.0 Å². The summed E-state index contributed by atoms with van der Waals surface area (Å²) in [5, 5.41) is 8.51. The summed E-state index contributed by atoms with van der Waals surface area (Å²) in [6.07, 6.45) is -9.03. The molecule has 1 N–H and O–H groups in total. The van der Waals surface area contributed by atoms with Gasteiger partial charge in [0.1, 0.15) is 18.9 Å². The van der Waals surface area contributed by atoms with Gasteiger partial charge in [0.15, 0.2) is 0 Å². The van der Waals surface area contributed by atoms with Gasteiger partial charge in [0.2, 0.25) is 0 Å². The Labute approximate surface area is 108 Å². The summed E-state index contributed by atoms with van der Waals surface area (Å²) < 4.78 is 73.6. The van der Waals surface area contributed by atoms with E-state index in [1.165, 1.54) is 0 Å². The van der Waals surface area contributed by atoms with E-state index in [0.29, 0.717) is 23.2 Å². The predicted octanol–water partition coefficient (Wildman–Crippen LogP) is 2.55. The molecule has 0 spiro atoms. The molecule has 0 bridgehead atoms. The molecule has 10 heteroatoms. The van der Waals surface area contributed by atoms with E-state index in [-0.39, 0.29) is 0 Å². The number of nitrogens with zero attached hydrogens (tertiary/aromatic N) is 2. The Kier molecular flexibility index (Phi) is 4.46. The highest BCUT2D eigenvalue weighted by Crippen LogP contribution is 2.29. The van der Waals surface area contributed by atoms with Gasteiger partial charge in [-0.3, -0.25) is 4.79 Å². The minimum Gasteiger partial charge on any atom is -0.480 e. The second-order valence-corrected chi connectivity index (χ2v) is 3.77. The van der Waals surface area contributed by atoms with Gasteiger partial charge in [-0.1, -0.05) is 0 Å².